The third-order valence-electron chi connectivity index (χ3n) is 3.19. The van der Waals surface area contributed by atoms with Crippen molar-refractivity contribution in [3.05, 3.63) is 29.8 Å². The molecule has 2 rings (SSSR count). The maximum atomic E-state index is 13.6. The van der Waals surface area contributed by atoms with Crippen LogP contribution in [0.1, 0.15) is 24.4 Å². The summed E-state index contributed by atoms with van der Waals surface area (Å²) in [5, 5.41) is 3.21. The predicted octanol–water partition coefficient (Wildman–Crippen LogP) is 1.91. The molecule has 0 bridgehead atoms. The fraction of sp³-hybridized carbons (Fsp3) is 0.583. The molecule has 2 heterocycles. The number of hydrogen-bond acceptors (Lipinski definition) is 3. The smallest absolute Gasteiger partial charge is 0.146 e. The van der Waals surface area contributed by atoms with E-state index in [1.54, 1.807) is 12.3 Å². The monoisotopic (exact) mass is 224 g/mol. The van der Waals surface area contributed by atoms with Gasteiger partial charge in [0, 0.05) is 31.0 Å². The molecule has 0 amide bonds. The molecule has 0 saturated carbocycles. The number of ether oxygens (including phenoxy) is 1. The summed E-state index contributed by atoms with van der Waals surface area (Å²) >= 11 is 0. The Labute approximate surface area is 95.0 Å². The normalized spacial score (nSPS) is 19.6. The summed E-state index contributed by atoms with van der Waals surface area (Å²) in [5.41, 5.74) is 0.712. The average Bonchev–Trinajstić information content (AvgIpc) is 2.34. The highest BCUT2D eigenvalue weighted by Crippen LogP contribution is 2.30. The van der Waals surface area contributed by atoms with Crippen LogP contribution in [0.3, 0.4) is 0 Å². The number of nitrogens with zero attached hydrogens (tertiary/aromatic N) is 1. The lowest BCUT2D eigenvalue weighted by Gasteiger charge is -2.30. The van der Waals surface area contributed by atoms with Gasteiger partial charge in [0.2, 0.25) is 0 Å². The summed E-state index contributed by atoms with van der Waals surface area (Å²) < 4.78 is 19.0. The maximum absolute atomic E-state index is 13.6. The second-order valence-corrected chi connectivity index (χ2v) is 4.11. The van der Waals surface area contributed by atoms with Gasteiger partial charge in [0.25, 0.3) is 0 Å². The number of pyridine rings is 1. The quantitative estimate of drug-likeness (QED) is 0.851. The number of aromatic nitrogens is 1. The summed E-state index contributed by atoms with van der Waals surface area (Å²) in [6, 6.07) is 1.82. The molecule has 1 unspecified atom stereocenters. The van der Waals surface area contributed by atoms with Crippen LogP contribution < -0.4 is 5.32 Å². The summed E-state index contributed by atoms with van der Waals surface area (Å²) in [5.74, 6) is 0.212. The van der Waals surface area contributed by atoms with Crippen molar-refractivity contribution in [1.82, 2.24) is 10.3 Å². The van der Waals surface area contributed by atoms with Crippen molar-refractivity contribution < 1.29 is 9.13 Å². The second-order valence-electron chi connectivity index (χ2n) is 4.11. The molecule has 0 aromatic carbocycles. The van der Waals surface area contributed by atoms with Crippen LogP contribution in [0.5, 0.6) is 0 Å². The van der Waals surface area contributed by atoms with Crippen molar-refractivity contribution in [2.75, 3.05) is 20.3 Å². The molecule has 4 heteroatoms. The summed E-state index contributed by atoms with van der Waals surface area (Å²) in [4.78, 5) is 3.78. The van der Waals surface area contributed by atoms with E-state index in [0.29, 0.717) is 11.5 Å². The standard InChI is InChI=1S/C12H17FN2O/c1-14-12(9-3-6-16-7-4-9)10-2-5-15-8-11(10)13/h2,5,8-9,12,14H,3-4,6-7H2,1H3. The molecule has 16 heavy (non-hydrogen) atoms. The first-order valence-electron chi connectivity index (χ1n) is 5.67. The van der Waals surface area contributed by atoms with Crippen LogP contribution in [0.25, 0.3) is 0 Å². The van der Waals surface area contributed by atoms with Crippen molar-refractivity contribution in [3.63, 3.8) is 0 Å². The van der Waals surface area contributed by atoms with Gasteiger partial charge in [-0.3, -0.25) is 4.98 Å². The van der Waals surface area contributed by atoms with E-state index in [2.05, 4.69) is 10.3 Å². The van der Waals surface area contributed by atoms with Gasteiger partial charge in [0.05, 0.1) is 6.20 Å². The SMILES string of the molecule is CNC(c1ccncc1F)C1CCOCC1. The Bertz CT molecular complexity index is 340. The van der Waals surface area contributed by atoms with Gasteiger partial charge in [0.15, 0.2) is 0 Å². The van der Waals surface area contributed by atoms with E-state index in [4.69, 9.17) is 4.74 Å². The third-order valence-corrected chi connectivity index (χ3v) is 3.19. The molecule has 1 atom stereocenters. The van der Waals surface area contributed by atoms with E-state index in [1.165, 1.54) is 6.20 Å². The molecule has 1 aliphatic heterocycles. The molecule has 1 N–H and O–H groups in total. The molecular weight excluding hydrogens is 207 g/mol. The van der Waals surface area contributed by atoms with Gasteiger partial charge < -0.3 is 10.1 Å². The maximum Gasteiger partial charge on any atom is 0.146 e. The fourth-order valence-corrected chi connectivity index (χ4v) is 2.33. The van der Waals surface area contributed by atoms with E-state index in [-0.39, 0.29) is 11.9 Å². The molecule has 0 aliphatic carbocycles. The van der Waals surface area contributed by atoms with Crippen LogP contribution in [0.15, 0.2) is 18.5 Å². The minimum atomic E-state index is -0.228. The van der Waals surface area contributed by atoms with Crippen molar-refractivity contribution in [2.45, 2.75) is 18.9 Å². The topological polar surface area (TPSA) is 34.2 Å². The van der Waals surface area contributed by atoms with Gasteiger partial charge in [0.1, 0.15) is 5.82 Å². The van der Waals surface area contributed by atoms with E-state index < -0.39 is 0 Å². The third kappa shape index (κ3) is 2.39. The van der Waals surface area contributed by atoms with Crippen LogP contribution in [0.2, 0.25) is 0 Å². The van der Waals surface area contributed by atoms with E-state index >= 15 is 0 Å². The molecule has 0 spiro atoms. The summed E-state index contributed by atoms with van der Waals surface area (Å²) in [7, 11) is 1.87. The van der Waals surface area contributed by atoms with Crippen LogP contribution in [-0.4, -0.2) is 25.2 Å². The Balaban J connectivity index is 2.18. The minimum Gasteiger partial charge on any atom is -0.381 e. The Morgan fingerprint density at radius 1 is 1.50 bits per heavy atom. The molecule has 1 fully saturated rings. The Morgan fingerprint density at radius 3 is 2.88 bits per heavy atom. The van der Waals surface area contributed by atoms with Crippen LogP contribution in [-0.2, 0) is 4.74 Å². The van der Waals surface area contributed by atoms with Crippen molar-refractivity contribution in [2.24, 2.45) is 5.92 Å². The number of hydrogen-bond donors (Lipinski definition) is 1. The molecule has 88 valence electrons. The van der Waals surface area contributed by atoms with Crippen molar-refractivity contribution in [1.29, 1.82) is 0 Å². The highest BCUT2D eigenvalue weighted by Gasteiger charge is 2.25. The van der Waals surface area contributed by atoms with Crippen molar-refractivity contribution in [3.8, 4) is 0 Å². The zero-order valence-corrected chi connectivity index (χ0v) is 9.45. The molecule has 1 saturated heterocycles. The lowest BCUT2D eigenvalue weighted by atomic mass is 9.87. The molecule has 0 radical (unpaired) electrons. The Morgan fingerprint density at radius 2 is 2.25 bits per heavy atom. The minimum absolute atomic E-state index is 0.0619. The van der Waals surface area contributed by atoms with Gasteiger partial charge in [-0.1, -0.05) is 0 Å². The highest BCUT2D eigenvalue weighted by atomic mass is 19.1. The van der Waals surface area contributed by atoms with E-state index in [9.17, 15) is 4.39 Å². The van der Waals surface area contributed by atoms with Gasteiger partial charge in [-0.05, 0) is 31.9 Å². The number of rotatable bonds is 3. The van der Waals surface area contributed by atoms with Gasteiger partial charge in [-0.2, -0.15) is 0 Å². The Hall–Kier alpha value is -1.00. The zero-order chi connectivity index (χ0) is 11.4. The van der Waals surface area contributed by atoms with Crippen molar-refractivity contribution >= 4 is 0 Å². The van der Waals surface area contributed by atoms with Gasteiger partial charge in [-0.15, -0.1) is 0 Å². The van der Waals surface area contributed by atoms with E-state index in [1.807, 2.05) is 7.05 Å². The van der Waals surface area contributed by atoms with E-state index in [0.717, 1.165) is 26.1 Å². The van der Waals surface area contributed by atoms with Gasteiger partial charge in [-0.25, -0.2) is 4.39 Å². The first-order chi connectivity index (χ1) is 7.83. The highest BCUT2D eigenvalue weighted by molar-refractivity contribution is 5.18. The molecular formula is C12H17FN2O. The summed E-state index contributed by atoms with van der Waals surface area (Å²) in [6.45, 7) is 1.55. The Kier molecular flexibility index (Phi) is 3.85. The lowest BCUT2D eigenvalue weighted by Crippen LogP contribution is -2.30. The molecule has 1 aromatic rings. The molecule has 3 nitrogen and oxygen atoms in total. The molecule has 1 aromatic heterocycles. The fourth-order valence-electron chi connectivity index (χ4n) is 2.33. The largest absolute Gasteiger partial charge is 0.381 e. The van der Waals surface area contributed by atoms with Gasteiger partial charge >= 0.3 is 0 Å². The van der Waals surface area contributed by atoms with Crippen LogP contribution in [0.4, 0.5) is 4.39 Å². The summed E-state index contributed by atoms with van der Waals surface area (Å²) in [6.07, 6.45) is 4.88. The first kappa shape index (κ1) is 11.5. The zero-order valence-electron chi connectivity index (χ0n) is 9.45. The molecule has 1 aliphatic rings. The van der Waals surface area contributed by atoms with Crippen LogP contribution in [0, 0.1) is 11.7 Å². The lowest BCUT2D eigenvalue weighted by molar-refractivity contribution is 0.0541. The van der Waals surface area contributed by atoms with Crippen LogP contribution >= 0.6 is 0 Å². The first-order valence-corrected chi connectivity index (χ1v) is 5.67. The second kappa shape index (κ2) is 5.37. The predicted molar refractivity (Wildman–Crippen MR) is 59.5 cm³/mol. The average molecular weight is 224 g/mol. The number of halogens is 1. The number of nitrogens with one attached hydrogen (secondary N) is 1.